The lowest BCUT2D eigenvalue weighted by Crippen LogP contribution is -2.34. The van der Waals surface area contributed by atoms with Crippen molar-refractivity contribution in [3.05, 3.63) is 35.1 Å². The van der Waals surface area contributed by atoms with Crippen LogP contribution in [0, 0.1) is 17.5 Å². The van der Waals surface area contributed by atoms with Gasteiger partial charge in [-0.3, -0.25) is 4.79 Å². The van der Waals surface area contributed by atoms with Crippen LogP contribution in [0.3, 0.4) is 0 Å². The van der Waals surface area contributed by atoms with Gasteiger partial charge in [0.1, 0.15) is 11.4 Å². The SMILES string of the molecule is CS[C@H]1CC[C@@H](NC(=O)c2c(F)ccc(F)c2F)C1. The Bertz CT molecular complexity index is 495. The molecule has 0 bridgehead atoms. The normalized spacial score (nSPS) is 22.5. The van der Waals surface area contributed by atoms with Crippen LogP contribution in [0.5, 0.6) is 0 Å². The third-order valence-corrected chi connectivity index (χ3v) is 4.42. The molecule has 0 aromatic heterocycles. The summed E-state index contributed by atoms with van der Waals surface area (Å²) in [7, 11) is 0. The number of nitrogens with one attached hydrogen (secondary N) is 1. The highest BCUT2D eigenvalue weighted by Crippen LogP contribution is 2.28. The summed E-state index contributed by atoms with van der Waals surface area (Å²) in [5.74, 6) is -4.59. The summed E-state index contributed by atoms with van der Waals surface area (Å²) in [5.41, 5.74) is -0.840. The lowest BCUT2D eigenvalue weighted by Gasteiger charge is -2.13. The number of carbonyl (C=O) groups excluding carboxylic acids is 1. The zero-order valence-electron chi connectivity index (χ0n) is 10.4. The van der Waals surface area contributed by atoms with E-state index in [0.717, 1.165) is 25.3 Å². The summed E-state index contributed by atoms with van der Waals surface area (Å²) in [4.78, 5) is 11.8. The van der Waals surface area contributed by atoms with Crippen LogP contribution >= 0.6 is 11.8 Å². The molecule has 19 heavy (non-hydrogen) atoms. The molecule has 1 fully saturated rings. The Balaban J connectivity index is 2.11. The smallest absolute Gasteiger partial charge is 0.257 e. The average Bonchev–Trinajstić information content (AvgIpc) is 2.82. The summed E-state index contributed by atoms with van der Waals surface area (Å²) in [6.07, 6.45) is 4.49. The monoisotopic (exact) mass is 289 g/mol. The lowest BCUT2D eigenvalue weighted by molar-refractivity contribution is 0.0928. The molecule has 0 saturated heterocycles. The molecule has 104 valence electrons. The number of carbonyl (C=O) groups is 1. The first-order chi connectivity index (χ1) is 9.02. The molecular formula is C13H14F3NOS. The van der Waals surface area contributed by atoms with Crippen molar-refractivity contribution in [2.24, 2.45) is 0 Å². The van der Waals surface area contributed by atoms with Crippen molar-refractivity contribution in [3.8, 4) is 0 Å². The lowest BCUT2D eigenvalue weighted by atomic mass is 10.1. The number of amides is 1. The van der Waals surface area contributed by atoms with Gasteiger partial charge >= 0.3 is 0 Å². The van der Waals surface area contributed by atoms with E-state index < -0.39 is 28.9 Å². The van der Waals surface area contributed by atoms with Crippen LogP contribution in [-0.4, -0.2) is 23.5 Å². The van der Waals surface area contributed by atoms with Crippen LogP contribution in [0.2, 0.25) is 0 Å². The molecule has 0 unspecified atom stereocenters. The molecule has 0 heterocycles. The summed E-state index contributed by atoms with van der Waals surface area (Å²) >= 11 is 1.71. The number of thioether (sulfide) groups is 1. The van der Waals surface area contributed by atoms with Gasteiger partial charge in [-0.2, -0.15) is 11.8 Å². The highest BCUT2D eigenvalue weighted by molar-refractivity contribution is 7.99. The molecule has 2 nitrogen and oxygen atoms in total. The van der Waals surface area contributed by atoms with E-state index in [1.165, 1.54) is 0 Å². The summed E-state index contributed by atoms with van der Waals surface area (Å²) in [6.45, 7) is 0. The molecule has 2 rings (SSSR count). The van der Waals surface area contributed by atoms with E-state index in [4.69, 9.17) is 0 Å². The molecule has 0 aliphatic heterocycles. The van der Waals surface area contributed by atoms with Gasteiger partial charge in [0, 0.05) is 11.3 Å². The second-order valence-corrected chi connectivity index (χ2v) is 5.70. The molecule has 1 aromatic rings. The molecule has 1 N–H and O–H groups in total. The van der Waals surface area contributed by atoms with E-state index in [-0.39, 0.29) is 6.04 Å². The van der Waals surface area contributed by atoms with Gasteiger partial charge in [-0.1, -0.05) is 0 Å². The quantitative estimate of drug-likeness (QED) is 0.866. The van der Waals surface area contributed by atoms with Crippen LogP contribution < -0.4 is 5.32 Å². The third kappa shape index (κ3) is 3.05. The van der Waals surface area contributed by atoms with Gasteiger partial charge in [0.25, 0.3) is 5.91 Å². The number of benzene rings is 1. The zero-order chi connectivity index (χ0) is 14.0. The van der Waals surface area contributed by atoms with E-state index in [9.17, 15) is 18.0 Å². The fraction of sp³-hybridized carbons (Fsp3) is 0.462. The Morgan fingerprint density at radius 3 is 2.58 bits per heavy atom. The van der Waals surface area contributed by atoms with Crippen molar-refractivity contribution in [3.63, 3.8) is 0 Å². The second kappa shape index (κ2) is 5.86. The standard InChI is InChI=1S/C13H14F3NOS/c1-19-8-3-2-7(6-8)17-13(18)11-9(14)4-5-10(15)12(11)16/h4-5,7-8H,2-3,6H2,1H3,(H,17,18)/t7-,8+/m1/s1. The van der Waals surface area contributed by atoms with Gasteiger partial charge in [-0.05, 0) is 37.7 Å². The molecule has 1 aliphatic carbocycles. The van der Waals surface area contributed by atoms with Gasteiger partial charge in [0.15, 0.2) is 11.6 Å². The number of halogens is 3. The fourth-order valence-corrected chi connectivity index (χ4v) is 3.07. The largest absolute Gasteiger partial charge is 0.349 e. The van der Waals surface area contributed by atoms with E-state index in [1.54, 1.807) is 11.8 Å². The van der Waals surface area contributed by atoms with E-state index in [2.05, 4.69) is 5.32 Å². The van der Waals surface area contributed by atoms with Crippen LogP contribution in [0.1, 0.15) is 29.6 Å². The Kier molecular flexibility index (Phi) is 4.39. The highest BCUT2D eigenvalue weighted by Gasteiger charge is 2.28. The molecule has 1 amide bonds. The maximum atomic E-state index is 13.4. The van der Waals surface area contributed by atoms with Crippen molar-refractivity contribution in [1.82, 2.24) is 5.32 Å². The van der Waals surface area contributed by atoms with Gasteiger partial charge in [-0.25, -0.2) is 13.2 Å². The van der Waals surface area contributed by atoms with E-state index >= 15 is 0 Å². The van der Waals surface area contributed by atoms with Crippen molar-refractivity contribution < 1.29 is 18.0 Å². The summed E-state index contributed by atoms with van der Waals surface area (Å²) in [6, 6.07) is 1.32. The van der Waals surface area contributed by atoms with Crippen LogP contribution in [0.25, 0.3) is 0 Å². The minimum Gasteiger partial charge on any atom is -0.349 e. The Hall–Kier alpha value is -1.17. The van der Waals surface area contributed by atoms with Crippen LogP contribution in [-0.2, 0) is 0 Å². The minimum absolute atomic E-state index is 0.105. The van der Waals surface area contributed by atoms with Gasteiger partial charge in [-0.15, -0.1) is 0 Å². The maximum absolute atomic E-state index is 13.4. The predicted octanol–water partition coefficient (Wildman–Crippen LogP) is 3.12. The van der Waals surface area contributed by atoms with Crippen LogP contribution in [0.4, 0.5) is 13.2 Å². The molecule has 0 spiro atoms. The van der Waals surface area contributed by atoms with Crippen LogP contribution in [0.15, 0.2) is 12.1 Å². The molecule has 1 saturated carbocycles. The van der Waals surface area contributed by atoms with Gasteiger partial charge in [0.2, 0.25) is 0 Å². The highest BCUT2D eigenvalue weighted by atomic mass is 32.2. The second-order valence-electron chi connectivity index (χ2n) is 4.56. The number of hydrogen-bond donors (Lipinski definition) is 1. The third-order valence-electron chi connectivity index (χ3n) is 3.32. The number of rotatable bonds is 3. The molecule has 1 aliphatic rings. The molecule has 1 aromatic carbocycles. The Morgan fingerprint density at radius 1 is 1.26 bits per heavy atom. The van der Waals surface area contributed by atoms with Crippen molar-refractivity contribution in [2.45, 2.75) is 30.6 Å². The molecule has 6 heteroatoms. The van der Waals surface area contributed by atoms with Crippen molar-refractivity contribution in [1.29, 1.82) is 0 Å². The number of hydrogen-bond acceptors (Lipinski definition) is 2. The van der Waals surface area contributed by atoms with Crippen molar-refractivity contribution >= 4 is 17.7 Å². The van der Waals surface area contributed by atoms with E-state index in [1.807, 2.05) is 6.26 Å². The average molecular weight is 289 g/mol. The molecule has 2 atom stereocenters. The summed E-state index contributed by atoms with van der Waals surface area (Å²) < 4.78 is 39.9. The summed E-state index contributed by atoms with van der Waals surface area (Å²) in [5, 5.41) is 3.02. The first-order valence-corrected chi connectivity index (χ1v) is 7.29. The Labute approximate surface area is 113 Å². The van der Waals surface area contributed by atoms with Crippen molar-refractivity contribution in [2.75, 3.05) is 6.26 Å². The fourth-order valence-electron chi connectivity index (χ4n) is 2.28. The Morgan fingerprint density at radius 2 is 1.95 bits per heavy atom. The minimum atomic E-state index is -1.43. The first-order valence-electron chi connectivity index (χ1n) is 6.00. The molecular weight excluding hydrogens is 275 g/mol. The van der Waals surface area contributed by atoms with Gasteiger partial charge in [0.05, 0.1) is 0 Å². The zero-order valence-corrected chi connectivity index (χ0v) is 11.2. The van der Waals surface area contributed by atoms with E-state index in [0.29, 0.717) is 11.3 Å². The predicted molar refractivity (Wildman–Crippen MR) is 68.7 cm³/mol. The topological polar surface area (TPSA) is 29.1 Å². The first kappa shape index (κ1) is 14.2. The maximum Gasteiger partial charge on any atom is 0.257 e. The molecule has 0 radical (unpaired) electrons. The van der Waals surface area contributed by atoms with Gasteiger partial charge < -0.3 is 5.32 Å².